The smallest absolute Gasteiger partial charge is 0.330 e. The summed E-state index contributed by atoms with van der Waals surface area (Å²) in [6.45, 7) is 1.51. The Morgan fingerprint density at radius 2 is 1.36 bits per heavy atom. The highest BCUT2D eigenvalue weighted by molar-refractivity contribution is 14.1. The van der Waals surface area contributed by atoms with E-state index in [0.29, 0.717) is 4.43 Å². The average Bonchev–Trinajstić information content (AvgIpc) is 3.19. The zero-order valence-corrected chi connectivity index (χ0v) is 19.2. The Morgan fingerprint density at radius 3 is 1.73 bits per heavy atom. The summed E-state index contributed by atoms with van der Waals surface area (Å²) >= 11 is 1.96. The van der Waals surface area contributed by atoms with Crippen molar-refractivity contribution >= 4 is 22.6 Å². The highest BCUT2D eigenvalue weighted by atomic mass is 127. The minimum absolute atomic E-state index is 0.411. The van der Waals surface area contributed by atoms with Gasteiger partial charge < -0.3 is 19.7 Å². The van der Waals surface area contributed by atoms with E-state index in [1.165, 1.54) is 6.92 Å². The SMILES string of the molecule is C[C@H]1O[C@@H](n2ccc(=O)[nH]c2=O)[C@H](F)[C@@H]1O.O=c1ccn([C@@H]2O[C@H](CI)[C@@H](O)[C@H]2F)c(=O)[nH]1. The van der Waals surface area contributed by atoms with Gasteiger partial charge in [0.1, 0.15) is 12.2 Å². The Morgan fingerprint density at radius 1 is 0.909 bits per heavy atom. The van der Waals surface area contributed by atoms with Crippen LogP contribution in [0.5, 0.6) is 0 Å². The third-order valence-corrected chi connectivity index (χ3v) is 6.00. The van der Waals surface area contributed by atoms with Crippen LogP contribution < -0.4 is 22.5 Å². The van der Waals surface area contributed by atoms with Crippen LogP contribution in [0.25, 0.3) is 0 Å². The van der Waals surface area contributed by atoms with Crippen LogP contribution in [0.1, 0.15) is 19.4 Å². The Bertz CT molecular complexity index is 1200. The monoisotopic (exact) mass is 586 g/mol. The van der Waals surface area contributed by atoms with E-state index in [2.05, 4.69) is 0 Å². The summed E-state index contributed by atoms with van der Waals surface area (Å²) in [6.07, 6.45) is -7.39. The number of aliphatic hydroxyl groups is 2. The molecule has 4 rings (SSSR count). The highest BCUT2D eigenvalue weighted by Gasteiger charge is 2.45. The van der Waals surface area contributed by atoms with E-state index in [1.807, 2.05) is 32.6 Å². The lowest BCUT2D eigenvalue weighted by Gasteiger charge is -2.15. The first kappa shape index (κ1) is 25.4. The minimum Gasteiger partial charge on any atom is -0.387 e. The maximum Gasteiger partial charge on any atom is 0.330 e. The number of aliphatic hydroxyl groups excluding tert-OH is 2. The number of ether oxygens (including phenoxy) is 2. The van der Waals surface area contributed by atoms with Crippen molar-refractivity contribution in [1.29, 1.82) is 0 Å². The molecule has 8 atom stereocenters. The molecule has 2 aliphatic rings. The van der Waals surface area contributed by atoms with Gasteiger partial charge in [0.15, 0.2) is 24.8 Å². The number of nitrogens with zero attached hydrogens (tertiary/aromatic N) is 2. The molecule has 4 N–H and O–H groups in total. The molecule has 0 unspecified atom stereocenters. The Balaban J connectivity index is 0.000000186. The van der Waals surface area contributed by atoms with Gasteiger partial charge in [-0.15, -0.1) is 0 Å². The van der Waals surface area contributed by atoms with Gasteiger partial charge in [-0.05, 0) is 6.92 Å². The van der Waals surface area contributed by atoms with Crippen molar-refractivity contribution < 1.29 is 28.5 Å². The predicted molar refractivity (Wildman–Crippen MR) is 117 cm³/mol. The molecule has 2 saturated heterocycles. The average molecular weight is 586 g/mol. The van der Waals surface area contributed by atoms with Gasteiger partial charge in [0.05, 0.1) is 12.2 Å². The molecule has 2 aromatic heterocycles. The van der Waals surface area contributed by atoms with Crippen molar-refractivity contribution in [3.05, 3.63) is 66.2 Å². The van der Waals surface area contributed by atoms with Gasteiger partial charge in [0.2, 0.25) is 0 Å². The molecule has 182 valence electrons. The van der Waals surface area contributed by atoms with Crippen molar-refractivity contribution in [2.24, 2.45) is 0 Å². The fraction of sp³-hybridized carbons (Fsp3) is 0.556. The molecule has 0 aliphatic carbocycles. The lowest BCUT2D eigenvalue weighted by atomic mass is 10.2. The molecule has 2 aliphatic heterocycles. The fourth-order valence-electron chi connectivity index (χ4n) is 3.33. The van der Waals surface area contributed by atoms with Crippen molar-refractivity contribution in [2.45, 2.75) is 56.1 Å². The fourth-order valence-corrected chi connectivity index (χ4v) is 4.06. The van der Waals surface area contributed by atoms with E-state index in [0.717, 1.165) is 33.7 Å². The van der Waals surface area contributed by atoms with Crippen LogP contribution in [0, 0.1) is 0 Å². The van der Waals surface area contributed by atoms with Crippen LogP contribution in [-0.2, 0) is 9.47 Å². The van der Waals surface area contributed by atoms with E-state index in [9.17, 15) is 38.2 Å². The van der Waals surface area contributed by atoms with E-state index >= 15 is 0 Å². The van der Waals surface area contributed by atoms with Crippen LogP contribution in [0.4, 0.5) is 8.78 Å². The normalized spacial score (nSPS) is 33.5. The molecule has 0 radical (unpaired) electrons. The quantitative estimate of drug-likeness (QED) is 0.255. The molecule has 12 nitrogen and oxygen atoms in total. The van der Waals surface area contributed by atoms with Gasteiger partial charge in [0, 0.05) is 29.0 Å². The first-order valence-corrected chi connectivity index (χ1v) is 11.2. The summed E-state index contributed by atoms with van der Waals surface area (Å²) in [5.74, 6) is 0. The van der Waals surface area contributed by atoms with E-state index < -0.39 is 71.7 Å². The molecule has 2 aromatic rings. The van der Waals surface area contributed by atoms with Crippen molar-refractivity contribution in [3.63, 3.8) is 0 Å². The summed E-state index contributed by atoms with van der Waals surface area (Å²) in [6, 6.07) is 2.19. The first-order chi connectivity index (χ1) is 15.5. The number of aromatic nitrogens is 4. The molecule has 33 heavy (non-hydrogen) atoms. The maximum absolute atomic E-state index is 13.8. The first-order valence-electron chi connectivity index (χ1n) is 9.69. The third kappa shape index (κ3) is 5.32. The van der Waals surface area contributed by atoms with Crippen LogP contribution in [0.15, 0.2) is 43.7 Å². The number of rotatable bonds is 3. The largest absolute Gasteiger partial charge is 0.387 e. The topological polar surface area (TPSA) is 169 Å². The molecule has 15 heteroatoms. The number of halogens is 3. The number of alkyl halides is 3. The van der Waals surface area contributed by atoms with Crippen LogP contribution in [0.2, 0.25) is 0 Å². The van der Waals surface area contributed by atoms with Crippen LogP contribution >= 0.6 is 22.6 Å². The van der Waals surface area contributed by atoms with E-state index in [4.69, 9.17) is 9.47 Å². The number of H-pyrrole nitrogens is 2. The zero-order chi connectivity index (χ0) is 24.4. The van der Waals surface area contributed by atoms with E-state index in [-0.39, 0.29) is 0 Å². The summed E-state index contributed by atoms with van der Waals surface area (Å²) in [5.41, 5.74) is -2.65. The van der Waals surface area contributed by atoms with Crippen molar-refractivity contribution in [3.8, 4) is 0 Å². The highest BCUT2D eigenvalue weighted by Crippen LogP contribution is 2.32. The number of aromatic amines is 2. The van der Waals surface area contributed by atoms with Crippen LogP contribution in [-0.4, -0.2) is 70.5 Å². The number of nitrogens with one attached hydrogen (secondary N) is 2. The minimum atomic E-state index is -1.70. The predicted octanol–water partition coefficient (Wildman–Crippen LogP) is -1.28. The number of hydrogen-bond donors (Lipinski definition) is 4. The van der Waals surface area contributed by atoms with Gasteiger partial charge in [-0.1, -0.05) is 22.6 Å². The zero-order valence-electron chi connectivity index (χ0n) is 17.0. The molecular formula is C18H21F2IN4O8. The second-order valence-electron chi connectivity index (χ2n) is 7.36. The van der Waals surface area contributed by atoms with Gasteiger partial charge in [-0.2, -0.15) is 0 Å². The molecular weight excluding hydrogens is 565 g/mol. The van der Waals surface area contributed by atoms with Crippen molar-refractivity contribution in [2.75, 3.05) is 4.43 Å². The van der Waals surface area contributed by atoms with Gasteiger partial charge in [-0.25, -0.2) is 18.4 Å². The van der Waals surface area contributed by atoms with Crippen LogP contribution in [0.3, 0.4) is 0 Å². The summed E-state index contributed by atoms with van der Waals surface area (Å²) < 4.78 is 39.9. The standard InChI is InChI=1S/C9H10FIN2O4.C9H11FN2O4/c10-6-7(15)4(3-11)17-8(6)13-2-1-5(14)12-9(13)16;1-4-7(14)6(10)8(16-4)12-3-2-5(13)11-9(12)15/h1-2,4,6-8,15H,3H2,(H,12,14,16);2-4,6-8,14H,1H3,(H,11,13,15)/t2*4-,6-,7-,8-/m11/s1. The Hall–Kier alpha value is -2.21. The molecule has 0 amide bonds. The molecule has 4 heterocycles. The van der Waals surface area contributed by atoms with Gasteiger partial charge in [-0.3, -0.25) is 28.7 Å². The summed E-state index contributed by atoms with van der Waals surface area (Å²) in [7, 11) is 0. The third-order valence-electron chi connectivity index (χ3n) is 5.13. The molecule has 0 saturated carbocycles. The summed E-state index contributed by atoms with van der Waals surface area (Å²) in [5, 5.41) is 18.9. The lowest BCUT2D eigenvalue weighted by Crippen LogP contribution is -2.35. The lowest BCUT2D eigenvalue weighted by molar-refractivity contribution is -0.0185. The second kappa shape index (κ2) is 10.4. The summed E-state index contributed by atoms with van der Waals surface area (Å²) in [4.78, 5) is 48.5. The van der Waals surface area contributed by atoms with Crippen molar-refractivity contribution in [1.82, 2.24) is 19.1 Å². The van der Waals surface area contributed by atoms with E-state index in [1.54, 1.807) is 0 Å². The van der Waals surface area contributed by atoms with Gasteiger partial charge in [0.25, 0.3) is 11.1 Å². The Kier molecular flexibility index (Phi) is 7.99. The van der Waals surface area contributed by atoms with Gasteiger partial charge >= 0.3 is 11.4 Å². The molecule has 0 bridgehead atoms. The maximum atomic E-state index is 13.8. The molecule has 0 spiro atoms. The Labute approximate surface area is 196 Å². The molecule has 2 fully saturated rings. The second-order valence-corrected chi connectivity index (χ2v) is 8.24. The molecule has 0 aromatic carbocycles. The number of hydrogen-bond acceptors (Lipinski definition) is 8.